The largest absolute Gasteiger partial charge is 0.348 e. The highest BCUT2D eigenvalue weighted by molar-refractivity contribution is 6.09. The number of nitrogens with one attached hydrogen (secondary N) is 2. The lowest BCUT2D eigenvalue weighted by Crippen LogP contribution is -2.45. The first kappa shape index (κ1) is 19.4. The maximum Gasteiger partial charge on any atom is 0.325 e. The van der Waals surface area contributed by atoms with E-state index in [1.165, 1.54) is 5.56 Å². The second-order valence-corrected chi connectivity index (χ2v) is 8.24. The van der Waals surface area contributed by atoms with E-state index in [1.54, 1.807) is 0 Å². The van der Waals surface area contributed by atoms with Crippen LogP contribution in [0, 0.1) is 5.92 Å². The molecule has 27 heavy (non-hydrogen) atoms. The first-order chi connectivity index (χ1) is 12.8. The Bertz CT molecular complexity index is 721. The van der Waals surface area contributed by atoms with Gasteiger partial charge in [0.2, 0.25) is 5.91 Å². The van der Waals surface area contributed by atoms with Crippen molar-refractivity contribution in [1.29, 1.82) is 0 Å². The second-order valence-electron chi connectivity index (χ2n) is 8.24. The summed E-state index contributed by atoms with van der Waals surface area (Å²) in [6, 6.07) is 7.56. The Morgan fingerprint density at radius 2 is 1.78 bits per heavy atom. The van der Waals surface area contributed by atoms with Crippen LogP contribution in [0.5, 0.6) is 0 Å². The third kappa shape index (κ3) is 4.15. The molecule has 1 aromatic carbocycles. The van der Waals surface area contributed by atoms with Crippen molar-refractivity contribution < 1.29 is 14.4 Å². The zero-order chi connectivity index (χ0) is 19.6. The van der Waals surface area contributed by atoms with Gasteiger partial charge < -0.3 is 10.6 Å². The fourth-order valence-corrected chi connectivity index (χ4v) is 4.07. The summed E-state index contributed by atoms with van der Waals surface area (Å²) >= 11 is 0. The van der Waals surface area contributed by atoms with E-state index in [0.717, 1.165) is 29.7 Å². The van der Waals surface area contributed by atoms with Crippen LogP contribution in [0.4, 0.5) is 4.79 Å². The summed E-state index contributed by atoms with van der Waals surface area (Å²) in [5, 5.41) is 5.69. The molecule has 6 heteroatoms. The summed E-state index contributed by atoms with van der Waals surface area (Å²) in [6.45, 7) is 6.03. The Hall–Kier alpha value is -2.37. The third-order valence-corrected chi connectivity index (χ3v) is 5.51. The van der Waals surface area contributed by atoms with Gasteiger partial charge in [-0.1, -0.05) is 51.0 Å². The summed E-state index contributed by atoms with van der Waals surface area (Å²) in [6.07, 6.45) is 4.20. The molecule has 1 atom stereocenters. The van der Waals surface area contributed by atoms with E-state index in [2.05, 4.69) is 36.6 Å². The zero-order valence-electron chi connectivity index (χ0n) is 16.4. The maximum absolute atomic E-state index is 12.6. The Morgan fingerprint density at radius 3 is 2.37 bits per heavy atom. The number of amides is 4. The van der Waals surface area contributed by atoms with Crippen LogP contribution in [0.25, 0.3) is 0 Å². The van der Waals surface area contributed by atoms with Gasteiger partial charge in [0.15, 0.2) is 0 Å². The van der Waals surface area contributed by atoms with Crippen molar-refractivity contribution >= 4 is 17.8 Å². The number of hydrogen-bond acceptors (Lipinski definition) is 3. The van der Waals surface area contributed by atoms with Crippen LogP contribution in [0.3, 0.4) is 0 Å². The van der Waals surface area contributed by atoms with Crippen molar-refractivity contribution in [3.8, 4) is 0 Å². The highest BCUT2D eigenvalue weighted by Crippen LogP contribution is 2.34. The van der Waals surface area contributed by atoms with E-state index in [4.69, 9.17) is 0 Å². The minimum atomic E-state index is -0.769. The molecule has 2 N–H and O–H groups in total. The van der Waals surface area contributed by atoms with E-state index >= 15 is 0 Å². The minimum Gasteiger partial charge on any atom is -0.348 e. The van der Waals surface area contributed by atoms with E-state index in [9.17, 15) is 14.4 Å². The van der Waals surface area contributed by atoms with E-state index < -0.39 is 11.6 Å². The van der Waals surface area contributed by atoms with Crippen molar-refractivity contribution in [1.82, 2.24) is 15.5 Å². The van der Waals surface area contributed by atoms with Crippen LogP contribution in [-0.4, -0.2) is 34.8 Å². The average molecular weight is 371 g/mol. The predicted molar refractivity (Wildman–Crippen MR) is 103 cm³/mol. The molecule has 1 aliphatic heterocycles. The maximum atomic E-state index is 12.6. The van der Waals surface area contributed by atoms with E-state index in [1.807, 2.05) is 19.1 Å². The van der Waals surface area contributed by atoms with Gasteiger partial charge in [0.25, 0.3) is 5.91 Å². The van der Waals surface area contributed by atoms with Gasteiger partial charge in [-0.05, 0) is 43.2 Å². The number of carbonyl (C=O) groups is 3. The molecule has 0 bridgehead atoms. The molecular weight excluding hydrogens is 342 g/mol. The lowest BCUT2D eigenvalue weighted by atomic mass is 9.98. The van der Waals surface area contributed by atoms with Crippen LogP contribution >= 0.6 is 0 Å². The Balaban J connectivity index is 1.57. The molecule has 1 saturated heterocycles. The van der Waals surface area contributed by atoms with Gasteiger partial charge >= 0.3 is 6.03 Å². The molecule has 146 valence electrons. The van der Waals surface area contributed by atoms with Gasteiger partial charge in [-0.3, -0.25) is 14.5 Å². The van der Waals surface area contributed by atoms with Gasteiger partial charge in [-0.15, -0.1) is 0 Å². The van der Waals surface area contributed by atoms with Crippen LogP contribution in [0.15, 0.2) is 24.3 Å². The number of benzene rings is 1. The van der Waals surface area contributed by atoms with Crippen molar-refractivity contribution in [3.05, 3.63) is 35.4 Å². The number of imide groups is 1. The first-order valence-electron chi connectivity index (χ1n) is 9.83. The molecule has 2 fully saturated rings. The summed E-state index contributed by atoms with van der Waals surface area (Å²) < 4.78 is 0. The highest BCUT2D eigenvalue weighted by Gasteiger charge is 2.52. The summed E-state index contributed by atoms with van der Waals surface area (Å²) in [5.41, 5.74) is 1.50. The molecule has 4 amide bonds. The van der Waals surface area contributed by atoms with Crippen molar-refractivity contribution in [3.63, 3.8) is 0 Å². The second kappa shape index (κ2) is 7.71. The van der Waals surface area contributed by atoms with Gasteiger partial charge in [-0.25, -0.2) is 4.79 Å². The Labute approximate surface area is 160 Å². The lowest BCUT2D eigenvalue weighted by Gasteiger charge is -2.20. The SMILES string of the molecule is CC(C)Cc1ccc(C(C)NC(=O)CN2C(=O)NC3(CCCC3)C2=O)cc1. The molecule has 1 aliphatic carbocycles. The number of hydrogen-bond donors (Lipinski definition) is 2. The molecule has 1 aromatic rings. The number of nitrogens with zero attached hydrogens (tertiary/aromatic N) is 1. The number of carbonyl (C=O) groups excluding carboxylic acids is 3. The number of urea groups is 1. The standard InChI is InChI=1S/C21H29N3O3/c1-14(2)12-16-6-8-17(9-7-16)15(3)22-18(25)13-24-19(26)21(23-20(24)27)10-4-5-11-21/h6-9,14-15H,4-5,10-13H2,1-3H3,(H,22,25)(H,23,27). The van der Waals surface area contributed by atoms with Gasteiger partial charge in [-0.2, -0.15) is 0 Å². The molecule has 6 nitrogen and oxygen atoms in total. The summed E-state index contributed by atoms with van der Waals surface area (Å²) in [4.78, 5) is 38.3. The van der Waals surface area contributed by atoms with Crippen LogP contribution < -0.4 is 10.6 Å². The number of rotatable bonds is 6. The molecule has 2 aliphatic rings. The molecule has 0 aromatic heterocycles. The molecule has 1 saturated carbocycles. The minimum absolute atomic E-state index is 0.188. The normalized spacial score (nSPS) is 19.6. The third-order valence-electron chi connectivity index (χ3n) is 5.51. The fraction of sp³-hybridized carbons (Fsp3) is 0.571. The van der Waals surface area contributed by atoms with Crippen molar-refractivity contribution in [2.24, 2.45) is 5.92 Å². The smallest absolute Gasteiger partial charge is 0.325 e. The summed E-state index contributed by atoms with van der Waals surface area (Å²) in [5.74, 6) is 0.0124. The van der Waals surface area contributed by atoms with Gasteiger partial charge in [0.05, 0.1) is 6.04 Å². The predicted octanol–water partition coefficient (Wildman–Crippen LogP) is 2.93. The molecule has 1 unspecified atom stereocenters. The molecule has 3 rings (SSSR count). The lowest BCUT2D eigenvalue weighted by molar-refractivity contribution is -0.135. The molecule has 1 heterocycles. The van der Waals surface area contributed by atoms with E-state index in [-0.39, 0.29) is 24.4 Å². The molecular formula is C21H29N3O3. The average Bonchev–Trinajstić information content (AvgIpc) is 3.16. The van der Waals surface area contributed by atoms with Crippen LogP contribution in [0.2, 0.25) is 0 Å². The van der Waals surface area contributed by atoms with Crippen molar-refractivity contribution in [2.45, 2.75) is 64.5 Å². The molecule has 1 spiro atoms. The van der Waals surface area contributed by atoms with Crippen LogP contribution in [-0.2, 0) is 16.0 Å². The van der Waals surface area contributed by atoms with E-state index in [0.29, 0.717) is 18.8 Å². The van der Waals surface area contributed by atoms with Gasteiger partial charge in [0, 0.05) is 0 Å². The molecule has 0 radical (unpaired) electrons. The first-order valence-corrected chi connectivity index (χ1v) is 9.83. The Morgan fingerprint density at radius 1 is 1.15 bits per heavy atom. The fourth-order valence-electron chi connectivity index (χ4n) is 4.07. The van der Waals surface area contributed by atoms with Crippen molar-refractivity contribution in [2.75, 3.05) is 6.54 Å². The van der Waals surface area contributed by atoms with Gasteiger partial charge in [0.1, 0.15) is 12.1 Å². The highest BCUT2D eigenvalue weighted by atomic mass is 16.2. The Kier molecular flexibility index (Phi) is 5.53. The topological polar surface area (TPSA) is 78.5 Å². The van der Waals surface area contributed by atoms with Crippen LogP contribution in [0.1, 0.15) is 63.6 Å². The quantitative estimate of drug-likeness (QED) is 0.755. The monoisotopic (exact) mass is 371 g/mol. The summed E-state index contributed by atoms with van der Waals surface area (Å²) in [7, 11) is 0. The zero-order valence-corrected chi connectivity index (χ0v) is 16.4.